The van der Waals surface area contributed by atoms with Gasteiger partial charge in [-0.15, -0.1) is 0 Å². The van der Waals surface area contributed by atoms with E-state index in [4.69, 9.17) is 4.74 Å². The fraction of sp³-hybridized carbons (Fsp3) is 0.538. The number of aliphatic carboxylic acids is 1. The molecule has 0 aliphatic rings. The van der Waals surface area contributed by atoms with E-state index >= 15 is 4.79 Å². The first-order valence-electron chi connectivity index (χ1n) is 26.1. The SMILES string of the molecule is CCC(C)(C)c1cc(C(C)c2cc(C(C)(C)CC)cc(C(C)(C)CC)c2C=C(C)C(=O)Oc2c(Cc3cc(C)cc(C(C)(C)C)c3C=C(C)C(=O)O)cc(C)cc2C(C)(C)C)c(O)c(C(C)(C)CC)c1. The number of esters is 1. The predicted octanol–water partition coefficient (Wildman–Crippen LogP) is 17.6. The summed E-state index contributed by atoms with van der Waals surface area (Å²) < 4.78 is 6.78. The molecule has 0 saturated heterocycles. The van der Waals surface area contributed by atoms with Crippen molar-refractivity contribution >= 4 is 24.1 Å². The van der Waals surface area contributed by atoms with Gasteiger partial charge in [0.25, 0.3) is 0 Å². The first kappa shape index (κ1) is 57.7. The van der Waals surface area contributed by atoms with Crippen molar-refractivity contribution in [1.82, 2.24) is 0 Å². The highest BCUT2D eigenvalue weighted by Crippen LogP contribution is 2.48. The Bertz CT molecular complexity index is 2660. The van der Waals surface area contributed by atoms with Crippen molar-refractivity contribution in [2.24, 2.45) is 0 Å². The summed E-state index contributed by atoms with van der Waals surface area (Å²) in [6, 6.07) is 17.7. The first-order valence-corrected chi connectivity index (χ1v) is 26.1. The predicted molar refractivity (Wildman–Crippen MR) is 298 cm³/mol. The van der Waals surface area contributed by atoms with Crippen molar-refractivity contribution in [3.63, 3.8) is 0 Å². The molecule has 0 radical (unpaired) electrons. The maximum atomic E-state index is 15.1. The number of aromatic hydroxyl groups is 1. The van der Waals surface area contributed by atoms with E-state index in [1.54, 1.807) is 13.0 Å². The average Bonchev–Trinajstić information content (AvgIpc) is 3.26. The molecule has 5 nitrogen and oxygen atoms in total. The third kappa shape index (κ3) is 12.6. The molecule has 382 valence electrons. The fourth-order valence-corrected chi connectivity index (χ4v) is 9.40. The number of phenolic OH excluding ortho intramolecular Hbond substituents is 1. The van der Waals surface area contributed by atoms with Crippen molar-refractivity contribution in [2.75, 3.05) is 0 Å². The second kappa shape index (κ2) is 21.1. The average molecular weight is 953 g/mol. The standard InChI is InChI=1S/C65H92O5/c1-24-62(16,17)46-35-48(43(9)49-36-47(63(18,19)25-2)38-54(56(49)66)65(22,23)27-4)51(53(37-46)64(20,21)26-3)33-42(8)59(69)70-57-45(29-40(6)31-55(57)61(13,14)15)34-44-28-39(5)30-52(60(10,11)12)50(44)32-41(7)58(67)68/h28-33,35-38,43,66H,24-27,34H2,1-23H3,(H,67,68). The largest absolute Gasteiger partial charge is 0.507 e. The summed E-state index contributed by atoms with van der Waals surface area (Å²) in [4.78, 5) is 27.4. The molecule has 0 bridgehead atoms. The van der Waals surface area contributed by atoms with Crippen LogP contribution >= 0.6 is 0 Å². The lowest BCUT2D eigenvalue weighted by atomic mass is 9.70. The number of carboxylic acids is 1. The van der Waals surface area contributed by atoms with Gasteiger partial charge in [0, 0.05) is 40.2 Å². The number of ether oxygens (including phenoxy) is 1. The van der Waals surface area contributed by atoms with Crippen LogP contribution in [-0.4, -0.2) is 22.2 Å². The topological polar surface area (TPSA) is 83.8 Å². The van der Waals surface area contributed by atoms with Crippen LogP contribution in [0.2, 0.25) is 0 Å². The van der Waals surface area contributed by atoms with Crippen LogP contribution in [0.15, 0.2) is 59.7 Å². The normalized spacial score (nSPS) is 14.0. The first-order chi connectivity index (χ1) is 32.0. The van der Waals surface area contributed by atoms with Gasteiger partial charge in [-0.2, -0.15) is 0 Å². The number of benzene rings is 4. The Labute approximate surface area is 425 Å². The second-order valence-corrected chi connectivity index (χ2v) is 25.4. The van der Waals surface area contributed by atoms with Crippen molar-refractivity contribution in [1.29, 1.82) is 0 Å². The highest BCUT2D eigenvalue weighted by Gasteiger charge is 2.34. The molecule has 1 atom stereocenters. The summed E-state index contributed by atoms with van der Waals surface area (Å²) in [5.74, 6) is -0.746. The van der Waals surface area contributed by atoms with Gasteiger partial charge in [-0.25, -0.2) is 9.59 Å². The summed E-state index contributed by atoms with van der Waals surface area (Å²) in [5.41, 5.74) is 13.7. The van der Waals surface area contributed by atoms with E-state index in [9.17, 15) is 15.0 Å². The molecular formula is C65H92O5. The van der Waals surface area contributed by atoms with Gasteiger partial charge >= 0.3 is 11.9 Å². The monoisotopic (exact) mass is 953 g/mol. The summed E-state index contributed by atoms with van der Waals surface area (Å²) in [5, 5.41) is 22.5. The molecule has 0 heterocycles. The molecule has 0 spiro atoms. The molecule has 4 aromatic rings. The van der Waals surface area contributed by atoms with Crippen LogP contribution < -0.4 is 4.74 Å². The summed E-state index contributed by atoms with van der Waals surface area (Å²) in [6.45, 7) is 49.9. The van der Waals surface area contributed by atoms with Crippen LogP contribution in [-0.2, 0) is 48.5 Å². The Morgan fingerprint density at radius 1 is 0.543 bits per heavy atom. The summed E-state index contributed by atoms with van der Waals surface area (Å²) in [6.07, 6.45) is 7.92. The van der Waals surface area contributed by atoms with E-state index < -0.39 is 11.9 Å². The molecule has 0 fully saturated rings. The van der Waals surface area contributed by atoms with Gasteiger partial charge in [0.15, 0.2) is 0 Å². The van der Waals surface area contributed by atoms with E-state index in [0.29, 0.717) is 23.5 Å². The van der Waals surface area contributed by atoms with Gasteiger partial charge < -0.3 is 14.9 Å². The molecule has 0 saturated carbocycles. The lowest BCUT2D eigenvalue weighted by molar-refractivity contribution is -0.132. The van der Waals surface area contributed by atoms with E-state index in [0.717, 1.165) is 86.9 Å². The number of hydrogen-bond acceptors (Lipinski definition) is 4. The molecule has 0 aliphatic carbocycles. The highest BCUT2D eigenvalue weighted by atomic mass is 16.5. The highest BCUT2D eigenvalue weighted by molar-refractivity contribution is 5.95. The van der Waals surface area contributed by atoms with Crippen molar-refractivity contribution in [3.05, 3.63) is 138 Å². The smallest absolute Gasteiger partial charge is 0.339 e. The van der Waals surface area contributed by atoms with Gasteiger partial charge in [0.05, 0.1) is 0 Å². The van der Waals surface area contributed by atoms with Crippen LogP contribution in [0.25, 0.3) is 12.2 Å². The minimum atomic E-state index is -0.962. The maximum absolute atomic E-state index is 15.1. The van der Waals surface area contributed by atoms with Crippen LogP contribution in [0.1, 0.15) is 255 Å². The van der Waals surface area contributed by atoms with E-state index in [2.05, 4.69) is 200 Å². The summed E-state index contributed by atoms with van der Waals surface area (Å²) >= 11 is 0. The van der Waals surface area contributed by atoms with Crippen molar-refractivity contribution in [2.45, 2.75) is 230 Å². The Morgan fingerprint density at radius 3 is 1.44 bits per heavy atom. The Balaban J connectivity index is 2.10. The molecule has 0 aliphatic heterocycles. The van der Waals surface area contributed by atoms with Crippen LogP contribution in [0.4, 0.5) is 0 Å². The Morgan fingerprint density at radius 2 is 0.971 bits per heavy atom. The number of phenols is 1. The summed E-state index contributed by atoms with van der Waals surface area (Å²) in [7, 11) is 0. The maximum Gasteiger partial charge on any atom is 0.339 e. The number of carbonyl (C=O) groups excluding carboxylic acids is 1. The van der Waals surface area contributed by atoms with Crippen LogP contribution in [0, 0.1) is 13.8 Å². The molecule has 0 aromatic heterocycles. The van der Waals surface area contributed by atoms with Gasteiger partial charge in [-0.1, -0.05) is 191 Å². The molecule has 1 unspecified atom stereocenters. The van der Waals surface area contributed by atoms with Gasteiger partial charge in [0.1, 0.15) is 11.5 Å². The zero-order valence-corrected chi connectivity index (χ0v) is 48.0. The molecule has 4 rings (SSSR count). The third-order valence-electron chi connectivity index (χ3n) is 16.1. The van der Waals surface area contributed by atoms with Crippen molar-refractivity contribution in [3.8, 4) is 11.5 Å². The molecule has 2 N–H and O–H groups in total. The molecule has 5 heteroatoms. The van der Waals surface area contributed by atoms with Gasteiger partial charge in [0.2, 0.25) is 0 Å². The molecule has 0 amide bonds. The molecule has 70 heavy (non-hydrogen) atoms. The minimum Gasteiger partial charge on any atom is -0.507 e. The number of aryl methyl sites for hydroxylation is 2. The van der Waals surface area contributed by atoms with E-state index in [1.807, 2.05) is 6.92 Å². The molecule has 4 aromatic carbocycles. The van der Waals surface area contributed by atoms with Crippen molar-refractivity contribution < 1.29 is 24.5 Å². The van der Waals surface area contributed by atoms with Crippen LogP contribution in [0.3, 0.4) is 0 Å². The minimum absolute atomic E-state index is 0.115. The number of carbonyl (C=O) groups is 2. The second-order valence-electron chi connectivity index (χ2n) is 25.4. The third-order valence-corrected chi connectivity index (χ3v) is 16.1. The zero-order chi connectivity index (χ0) is 53.4. The quantitative estimate of drug-likeness (QED) is 0.0626. The van der Waals surface area contributed by atoms with Crippen LogP contribution in [0.5, 0.6) is 11.5 Å². The zero-order valence-electron chi connectivity index (χ0n) is 48.0. The Kier molecular flexibility index (Phi) is 17.3. The van der Waals surface area contributed by atoms with Gasteiger partial charge in [-0.3, -0.25) is 0 Å². The lowest BCUT2D eigenvalue weighted by Crippen LogP contribution is -2.24. The van der Waals surface area contributed by atoms with E-state index in [1.165, 1.54) is 16.7 Å². The van der Waals surface area contributed by atoms with E-state index in [-0.39, 0.29) is 44.0 Å². The number of carboxylic acid groups (broad SMARTS) is 1. The molecular weight excluding hydrogens is 861 g/mol. The number of hydrogen-bond donors (Lipinski definition) is 2. The number of rotatable bonds is 17. The lowest BCUT2D eigenvalue weighted by Gasteiger charge is -2.35. The fourth-order valence-electron chi connectivity index (χ4n) is 9.40. The Hall–Kier alpha value is -4.90. The van der Waals surface area contributed by atoms with Gasteiger partial charge in [-0.05, 0) is 148 Å².